The largest absolute Gasteiger partial charge is 0.461 e. The van der Waals surface area contributed by atoms with Crippen LogP contribution in [0.3, 0.4) is 0 Å². The van der Waals surface area contributed by atoms with Crippen LogP contribution in [0.15, 0.2) is 30.4 Å². The number of hydrogen-bond donors (Lipinski definition) is 3. The van der Waals surface area contributed by atoms with E-state index >= 15 is 4.39 Å². The molecule has 14 heteroatoms. The monoisotopic (exact) mass is 734 g/mol. The smallest absolute Gasteiger partial charge is 0.319 e. The Morgan fingerprint density at radius 3 is 2.52 bits per heavy atom. The molecule has 2 atom stereocenters. The van der Waals surface area contributed by atoms with Crippen molar-refractivity contribution in [1.82, 2.24) is 20.2 Å². The van der Waals surface area contributed by atoms with E-state index < -0.39 is 23.3 Å². The first kappa shape index (κ1) is 38.5. The second kappa shape index (κ2) is 15.9. The molecule has 0 radical (unpaired) electrons. The summed E-state index contributed by atoms with van der Waals surface area (Å²) in [4.78, 5) is 10.5. The predicted octanol–water partition coefficient (Wildman–Crippen LogP) is 8.53. The molecule has 274 valence electrons. The summed E-state index contributed by atoms with van der Waals surface area (Å²) in [6.07, 6.45) is 2.41. The van der Waals surface area contributed by atoms with Crippen molar-refractivity contribution >= 4 is 48.7 Å². The zero-order chi connectivity index (χ0) is 37.9. The van der Waals surface area contributed by atoms with Gasteiger partial charge in [0.1, 0.15) is 40.9 Å². The summed E-state index contributed by atoms with van der Waals surface area (Å²) in [6, 6.07) is 6.10. The minimum Gasteiger partial charge on any atom is -0.461 e. The maximum atomic E-state index is 16.7. The Hall–Kier alpha value is -4.76. The topological polar surface area (TPSA) is 150 Å². The van der Waals surface area contributed by atoms with Crippen molar-refractivity contribution in [3.05, 3.63) is 58.7 Å². The van der Waals surface area contributed by atoms with Crippen molar-refractivity contribution in [2.45, 2.75) is 65.3 Å². The molecule has 0 aliphatic carbocycles. The number of nitrogens with one attached hydrogen (secondary N) is 1. The van der Waals surface area contributed by atoms with Crippen molar-refractivity contribution in [3.8, 4) is 29.3 Å². The molecule has 2 saturated heterocycles. The Kier molecular flexibility index (Phi) is 11.7. The number of aromatic nitrogens is 2. The van der Waals surface area contributed by atoms with Crippen LogP contribution in [-0.2, 0) is 0 Å². The van der Waals surface area contributed by atoms with Crippen LogP contribution in [0, 0.1) is 40.2 Å². The Labute approximate surface area is 304 Å². The number of hydrogen-bond acceptors (Lipinski definition) is 10. The van der Waals surface area contributed by atoms with Gasteiger partial charge >= 0.3 is 6.01 Å². The van der Waals surface area contributed by atoms with Crippen molar-refractivity contribution in [2.24, 2.45) is 5.92 Å². The number of benzene rings is 2. The van der Waals surface area contributed by atoms with Gasteiger partial charge in [0.15, 0.2) is 5.82 Å². The number of halogens is 4. The molecular formula is C38H42F4N8OS. The number of nitriles is 2. The van der Waals surface area contributed by atoms with Crippen molar-refractivity contribution in [3.63, 3.8) is 0 Å². The van der Waals surface area contributed by atoms with Gasteiger partial charge in [-0.25, -0.2) is 8.78 Å². The number of anilines is 2. The van der Waals surface area contributed by atoms with Crippen molar-refractivity contribution in [2.75, 3.05) is 44.3 Å². The van der Waals surface area contributed by atoms with E-state index in [2.05, 4.69) is 42.6 Å². The highest BCUT2D eigenvalue weighted by molar-refractivity contribution is 7.23. The first-order chi connectivity index (χ1) is 24.8. The van der Waals surface area contributed by atoms with E-state index in [0.717, 1.165) is 29.7 Å². The quantitative estimate of drug-likeness (QED) is 0.108. The molecule has 0 amide bonds. The Bertz CT molecular complexity index is 2150. The number of thiophene rings is 1. The highest BCUT2D eigenvalue weighted by Gasteiger charge is 2.48. The fourth-order valence-corrected chi connectivity index (χ4v) is 7.99. The second-order valence-electron chi connectivity index (χ2n) is 13.5. The van der Waals surface area contributed by atoms with Crippen LogP contribution in [0.5, 0.6) is 6.01 Å². The van der Waals surface area contributed by atoms with Gasteiger partial charge in [0.25, 0.3) is 6.08 Å². The maximum Gasteiger partial charge on any atom is 0.319 e. The van der Waals surface area contributed by atoms with Crippen LogP contribution in [0.25, 0.3) is 37.7 Å². The van der Waals surface area contributed by atoms with Crippen LogP contribution in [-0.4, -0.2) is 53.2 Å². The van der Waals surface area contributed by atoms with Crippen LogP contribution in [0.4, 0.5) is 28.4 Å². The van der Waals surface area contributed by atoms with Gasteiger partial charge in [-0.15, -0.1) is 11.3 Å². The van der Waals surface area contributed by atoms with Crippen LogP contribution in [0.2, 0.25) is 0 Å². The van der Waals surface area contributed by atoms with Crippen LogP contribution in [0.1, 0.15) is 76.5 Å². The molecule has 0 spiro atoms. The number of allylic oxidation sites excluding steroid dienone is 1. The number of ether oxygens (including phenoxy) is 1. The molecular weight excluding hydrogens is 693 g/mol. The molecule has 9 nitrogen and oxygen atoms in total. The van der Waals surface area contributed by atoms with Gasteiger partial charge in [-0.1, -0.05) is 39.8 Å². The highest BCUT2D eigenvalue weighted by atomic mass is 32.1. The molecule has 6 rings (SSSR count). The van der Waals surface area contributed by atoms with Gasteiger partial charge in [0.05, 0.1) is 26.8 Å². The number of nitrogen functional groups attached to an aromatic ring is 2. The van der Waals surface area contributed by atoms with Gasteiger partial charge in [0.2, 0.25) is 0 Å². The van der Waals surface area contributed by atoms with Crippen LogP contribution >= 0.6 is 11.3 Å². The summed E-state index contributed by atoms with van der Waals surface area (Å²) in [7, 11) is 0. The van der Waals surface area contributed by atoms with Crippen molar-refractivity contribution in [1.29, 1.82) is 10.5 Å². The molecule has 2 unspecified atom stereocenters. The SMILES string of the molecule is C=C(C)c1c(C#N)c(-c2ccc(F)c3sc(N)c(C#N)c23)c(F)c2nc(OCC34CCCN3CC(=C(F)F)C4)nc(N)c12.CCCNCC(C)CC. The number of nitrogens with two attached hydrogens (primary N) is 2. The Balaban J connectivity index is 0.000000515. The summed E-state index contributed by atoms with van der Waals surface area (Å²) in [5.41, 5.74) is 11.6. The molecule has 2 aliphatic rings. The van der Waals surface area contributed by atoms with E-state index in [-0.39, 0.29) is 90.8 Å². The second-order valence-corrected chi connectivity index (χ2v) is 14.5. The normalized spacial score (nSPS) is 17.4. The van der Waals surface area contributed by atoms with Crippen molar-refractivity contribution < 1.29 is 22.3 Å². The van der Waals surface area contributed by atoms with Gasteiger partial charge in [-0.3, -0.25) is 4.90 Å². The lowest BCUT2D eigenvalue weighted by Crippen LogP contribution is -2.43. The molecule has 2 aromatic carbocycles. The molecule has 2 fully saturated rings. The third-order valence-corrected chi connectivity index (χ3v) is 10.9. The van der Waals surface area contributed by atoms with Crippen LogP contribution < -0.4 is 21.5 Å². The van der Waals surface area contributed by atoms with E-state index in [1.54, 1.807) is 6.92 Å². The average Bonchev–Trinajstić information content (AvgIpc) is 3.79. The van der Waals surface area contributed by atoms with Gasteiger partial charge < -0.3 is 21.5 Å². The van der Waals surface area contributed by atoms with Gasteiger partial charge in [0, 0.05) is 28.6 Å². The van der Waals surface area contributed by atoms with E-state index in [1.807, 2.05) is 17.0 Å². The summed E-state index contributed by atoms with van der Waals surface area (Å²) in [5, 5.41) is 23.6. The maximum absolute atomic E-state index is 16.7. The fraction of sp³-hybridized carbons (Fsp3) is 0.421. The molecule has 4 aromatic rings. The molecule has 0 bridgehead atoms. The minimum atomic E-state index is -1.70. The summed E-state index contributed by atoms with van der Waals surface area (Å²) < 4.78 is 64.3. The summed E-state index contributed by atoms with van der Waals surface area (Å²) >= 11 is 0.842. The molecule has 2 aliphatic heterocycles. The highest BCUT2D eigenvalue weighted by Crippen LogP contribution is 2.47. The van der Waals surface area contributed by atoms with Gasteiger partial charge in [-0.2, -0.15) is 29.3 Å². The molecule has 52 heavy (non-hydrogen) atoms. The summed E-state index contributed by atoms with van der Waals surface area (Å²) in [5.74, 6) is -0.957. The third kappa shape index (κ3) is 7.16. The minimum absolute atomic E-state index is 0.0227. The Morgan fingerprint density at radius 1 is 1.15 bits per heavy atom. The average molecular weight is 735 g/mol. The van der Waals surface area contributed by atoms with E-state index in [0.29, 0.717) is 18.5 Å². The Morgan fingerprint density at radius 2 is 1.88 bits per heavy atom. The first-order valence-corrected chi connectivity index (χ1v) is 18.0. The first-order valence-electron chi connectivity index (χ1n) is 17.2. The summed E-state index contributed by atoms with van der Waals surface area (Å²) in [6.45, 7) is 15.4. The standard InChI is InChI=1S/C30H23F4N7OS.C8H19N/c1-13(2)19-16(9-35)20(15-4-5-18(31)25-21(15)17(10-36)28(38)43-25)23(32)24-22(19)27(37)40-29(39-24)42-12-30-6-3-7-41(30)11-14(8-30)26(33)34;1-4-6-9-7-8(3)5-2/h4-5H,1,3,6-8,11-12,38H2,2H3,(H2,37,39,40);8-9H,4-7H2,1-3H3. The molecule has 2 aromatic heterocycles. The van der Waals surface area contributed by atoms with E-state index in [9.17, 15) is 23.7 Å². The molecule has 4 heterocycles. The zero-order valence-electron chi connectivity index (χ0n) is 29.7. The lowest BCUT2D eigenvalue weighted by Gasteiger charge is -2.30. The molecule has 0 saturated carbocycles. The predicted molar refractivity (Wildman–Crippen MR) is 199 cm³/mol. The molecule has 5 N–H and O–H groups in total. The fourth-order valence-electron chi connectivity index (χ4n) is 7.04. The number of rotatable bonds is 10. The van der Waals surface area contributed by atoms with E-state index in [4.69, 9.17) is 16.2 Å². The number of nitrogens with zero attached hydrogens (tertiary/aromatic N) is 5. The lowest BCUT2D eigenvalue weighted by atomic mass is 9.87. The third-order valence-electron chi connectivity index (χ3n) is 9.85. The number of fused-ring (bicyclic) bond motifs is 3. The zero-order valence-corrected chi connectivity index (χ0v) is 30.5. The lowest BCUT2D eigenvalue weighted by molar-refractivity contribution is 0.108. The van der Waals surface area contributed by atoms with E-state index in [1.165, 1.54) is 32.0 Å². The van der Waals surface area contributed by atoms with Gasteiger partial charge in [-0.05, 0) is 75.4 Å².